The number of rotatable bonds is 9. The number of benzene rings is 3. The molecule has 3 rings (SSSR count). The first kappa shape index (κ1) is 24.1. The summed E-state index contributed by atoms with van der Waals surface area (Å²) in [7, 11) is -3.35. The number of hydrogen-bond acceptors (Lipinski definition) is 3. The summed E-state index contributed by atoms with van der Waals surface area (Å²) in [5, 5.41) is 3.67. The number of hydrogen-bond donors (Lipinski definition) is 1. The van der Waals surface area contributed by atoms with E-state index in [-0.39, 0.29) is 30.2 Å². The highest BCUT2D eigenvalue weighted by atomic mass is 35.5. The standard InChI is InChI=1S/C25H29NO2S.ClH/c1-3-4-19-29(27,28)24-18-12-11-17-23(24)25(22-15-9-6-10-16-22)26-20(2)21-13-7-5-8-14-21;/h5-18,20,25-26H,3-4,19H2,1-2H3;1H/t20-,25?;/m1./s1. The van der Waals surface area contributed by atoms with Gasteiger partial charge < -0.3 is 0 Å². The Morgan fingerprint density at radius 2 is 1.33 bits per heavy atom. The Kier molecular flexibility index (Phi) is 9.09. The highest BCUT2D eigenvalue weighted by Crippen LogP contribution is 2.31. The molecule has 0 aromatic heterocycles. The predicted molar refractivity (Wildman–Crippen MR) is 127 cm³/mol. The summed E-state index contributed by atoms with van der Waals surface area (Å²) in [6.07, 6.45) is 1.52. The van der Waals surface area contributed by atoms with Gasteiger partial charge >= 0.3 is 0 Å². The molecule has 0 aliphatic carbocycles. The van der Waals surface area contributed by atoms with Gasteiger partial charge in [-0.15, -0.1) is 12.4 Å². The Labute approximate surface area is 186 Å². The number of unbranched alkanes of at least 4 members (excludes halogenated alkanes) is 1. The average molecular weight is 444 g/mol. The molecular weight excluding hydrogens is 414 g/mol. The molecule has 3 nitrogen and oxygen atoms in total. The summed E-state index contributed by atoms with van der Waals surface area (Å²) in [6.45, 7) is 4.12. The molecule has 0 heterocycles. The Balaban J connectivity index is 0.00000320. The molecular formula is C25H30ClNO2S. The summed E-state index contributed by atoms with van der Waals surface area (Å²) in [5.41, 5.74) is 3.02. The van der Waals surface area contributed by atoms with Crippen LogP contribution < -0.4 is 5.32 Å². The van der Waals surface area contributed by atoms with Crippen LogP contribution in [0.3, 0.4) is 0 Å². The molecule has 3 aromatic rings. The zero-order valence-electron chi connectivity index (χ0n) is 17.5. The molecule has 0 fully saturated rings. The van der Waals surface area contributed by atoms with Crippen molar-refractivity contribution in [1.29, 1.82) is 0 Å². The van der Waals surface area contributed by atoms with Crippen molar-refractivity contribution in [3.8, 4) is 0 Å². The summed E-state index contributed by atoms with van der Waals surface area (Å²) < 4.78 is 26.2. The molecule has 0 saturated heterocycles. The van der Waals surface area contributed by atoms with Crippen LogP contribution in [0.5, 0.6) is 0 Å². The molecule has 2 atom stereocenters. The van der Waals surface area contributed by atoms with E-state index in [4.69, 9.17) is 0 Å². The van der Waals surface area contributed by atoms with E-state index >= 15 is 0 Å². The van der Waals surface area contributed by atoms with Gasteiger partial charge in [-0.25, -0.2) is 8.42 Å². The fourth-order valence-electron chi connectivity index (χ4n) is 3.55. The van der Waals surface area contributed by atoms with Crippen molar-refractivity contribution in [2.24, 2.45) is 0 Å². The third kappa shape index (κ3) is 5.94. The second kappa shape index (κ2) is 11.3. The summed E-state index contributed by atoms with van der Waals surface area (Å²) in [5.74, 6) is 0.177. The first-order valence-corrected chi connectivity index (χ1v) is 11.9. The zero-order chi connectivity index (χ0) is 20.7. The molecule has 0 spiro atoms. The van der Waals surface area contributed by atoms with Crippen molar-refractivity contribution < 1.29 is 8.42 Å². The average Bonchev–Trinajstić information content (AvgIpc) is 2.77. The Bertz CT molecular complexity index is 1010. The van der Waals surface area contributed by atoms with Gasteiger partial charge in [0.25, 0.3) is 0 Å². The Morgan fingerprint density at radius 3 is 1.93 bits per heavy atom. The van der Waals surface area contributed by atoms with Crippen LogP contribution in [0.2, 0.25) is 0 Å². The lowest BCUT2D eigenvalue weighted by Gasteiger charge is -2.26. The van der Waals surface area contributed by atoms with E-state index < -0.39 is 9.84 Å². The van der Waals surface area contributed by atoms with Gasteiger partial charge in [0.15, 0.2) is 9.84 Å². The van der Waals surface area contributed by atoms with Crippen molar-refractivity contribution >= 4 is 22.2 Å². The van der Waals surface area contributed by atoms with Gasteiger partial charge in [0.05, 0.1) is 16.7 Å². The number of halogens is 1. The monoisotopic (exact) mass is 443 g/mol. The fourth-order valence-corrected chi connectivity index (χ4v) is 5.27. The van der Waals surface area contributed by atoms with Gasteiger partial charge in [0.1, 0.15) is 0 Å². The highest BCUT2D eigenvalue weighted by Gasteiger charge is 2.25. The third-order valence-electron chi connectivity index (χ3n) is 5.18. The van der Waals surface area contributed by atoms with Gasteiger partial charge in [-0.3, -0.25) is 5.32 Å². The molecule has 0 aliphatic rings. The first-order chi connectivity index (χ1) is 14.0. The van der Waals surface area contributed by atoms with E-state index in [0.29, 0.717) is 11.3 Å². The van der Waals surface area contributed by atoms with Gasteiger partial charge in [-0.2, -0.15) is 0 Å². The maximum Gasteiger partial charge on any atom is 0.178 e. The van der Waals surface area contributed by atoms with E-state index in [1.54, 1.807) is 6.07 Å². The lowest BCUT2D eigenvalue weighted by Crippen LogP contribution is -2.27. The molecule has 5 heteroatoms. The molecule has 1 unspecified atom stereocenters. The van der Waals surface area contributed by atoms with Crippen LogP contribution >= 0.6 is 12.4 Å². The van der Waals surface area contributed by atoms with Crippen molar-refractivity contribution in [3.05, 3.63) is 102 Å². The fraction of sp³-hybridized carbons (Fsp3) is 0.280. The first-order valence-electron chi connectivity index (χ1n) is 10.2. The topological polar surface area (TPSA) is 46.2 Å². The van der Waals surface area contributed by atoms with E-state index in [1.807, 2.05) is 73.7 Å². The molecule has 30 heavy (non-hydrogen) atoms. The zero-order valence-corrected chi connectivity index (χ0v) is 19.1. The van der Waals surface area contributed by atoms with Crippen LogP contribution in [-0.4, -0.2) is 14.2 Å². The van der Waals surface area contributed by atoms with Crippen LogP contribution in [0.4, 0.5) is 0 Å². The van der Waals surface area contributed by atoms with Crippen LogP contribution in [0.25, 0.3) is 0 Å². The maximum absolute atomic E-state index is 13.1. The molecule has 160 valence electrons. The lowest BCUT2D eigenvalue weighted by atomic mass is 9.96. The van der Waals surface area contributed by atoms with Crippen LogP contribution in [0.15, 0.2) is 89.8 Å². The van der Waals surface area contributed by atoms with Crippen LogP contribution in [0, 0.1) is 0 Å². The molecule has 0 radical (unpaired) electrons. The maximum atomic E-state index is 13.1. The van der Waals surface area contributed by atoms with Gasteiger partial charge in [0.2, 0.25) is 0 Å². The third-order valence-corrected chi connectivity index (χ3v) is 7.05. The van der Waals surface area contributed by atoms with Gasteiger partial charge in [-0.05, 0) is 36.1 Å². The smallest absolute Gasteiger partial charge is 0.178 e. The van der Waals surface area contributed by atoms with Crippen molar-refractivity contribution in [3.63, 3.8) is 0 Å². The van der Waals surface area contributed by atoms with E-state index in [9.17, 15) is 8.42 Å². The van der Waals surface area contributed by atoms with Crippen LogP contribution in [0.1, 0.15) is 55.5 Å². The quantitative estimate of drug-likeness (QED) is 0.433. The lowest BCUT2D eigenvalue weighted by molar-refractivity contribution is 0.509. The summed E-state index contributed by atoms with van der Waals surface area (Å²) in [6, 6.07) is 27.5. The van der Waals surface area contributed by atoms with Gasteiger partial charge in [0, 0.05) is 6.04 Å². The molecule has 0 amide bonds. The molecule has 0 bridgehead atoms. The van der Waals surface area contributed by atoms with Crippen LogP contribution in [-0.2, 0) is 9.84 Å². The summed E-state index contributed by atoms with van der Waals surface area (Å²) in [4.78, 5) is 0.426. The predicted octanol–water partition coefficient (Wildman–Crippen LogP) is 6.12. The highest BCUT2D eigenvalue weighted by molar-refractivity contribution is 7.91. The molecule has 0 aliphatic heterocycles. The molecule has 1 N–H and O–H groups in total. The number of sulfone groups is 1. The van der Waals surface area contributed by atoms with E-state index in [1.165, 1.54) is 5.56 Å². The minimum Gasteiger partial charge on any atom is -0.300 e. The van der Waals surface area contributed by atoms with Crippen molar-refractivity contribution in [2.45, 2.75) is 43.7 Å². The van der Waals surface area contributed by atoms with Gasteiger partial charge in [-0.1, -0.05) is 92.2 Å². The minimum atomic E-state index is -3.35. The van der Waals surface area contributed by atoms with Crippen molar-refractivity contribution in [2.75, 3.05) is 5.75 Å². The molecule has 0 saturated carbocycles. The van der Waals surface area contributed by atoms with E-state index in [0.717, 1.165) is 17.5 Å². The van der Waals surface area contributed by atoms with E-state index in [2.05, 4.69) is 24.4 Å². The summed E-state index contributed by atoms with van der Waals surface area (Å²) >= 11 is 0. The number of nitrogens with one attached hydrogen (secondary N) is 1. The molecule has 3 aromatic carbocycles. The second-order valence-electron chi connectivity index (χ2n) is 7.35. The Hall–Kier alpha value is -2.14. The second-order valence-corrected chi connectivity index (χ2v) is 9.43. The normalized spacial score (nSPS) is 13.3. The SMILES string of the molecule is CCCCS(=O)(=O)c1ccccc1C(N[C@H](C)c1ccccc1)c1ccccc1.Cl. The minimum absolute atomic E-state index is 0. The van der Waals surface area contributed by atoms with Crippen molar-refractivity contribution in [1.82, 2.24) is 5.32 Å². The largest absolute Gasteiger partial charge is 0.300 e. The Morgan fingerprint density at radius 1 is 0.800 bits per heavy atom.